The molecular formula is C18H20N2O. The van der Waals surface area contributed by atoms with Gasteiger partial charge in [-0.25, -0.2) is 0 Å². The summed E-state index contributed by atoms with van der Waals surface area (Å²) in [5.74, 6) is 1.26. The molecule has 1 saturated heterocycles. The van der Waals surface area contributed by atoms with Crippen LogP contribution in [0.2, 0.25) is 0 Å². The van der Waals surface area contributed by atoms with Gasteiger partial charge in [-0.15, -0.1) is 0 Å². The van der Waals surface area contributed by atoms with Crippen LogP contribution in [0.15, 0.2) is 24.3 Å². The van der Waals surface area contributed by atoms with Crippen molar-refractivity contribution in [1.29, 1.82) is 0 Å². The molecule has 3 unspecified atom stereocenters. The molecule has 1 aromatic carbocycles. The van der Waals surface area contributed by atoms with Crippen LogP contribution in [0.25, 0.3) is 10.9 Å². The lowest BCUT2D eigenvalue weighted by molar-refractivity contribution is -0.132. The maximum absolute atomic E-state index is 12.7. The van der Waals surface area contributed by atoms with Gasteiger partial charge in [-0.05, 0) is 36.8 Å². The molecule has 3 atom stereocenters. The Morgan fingerprint density at radius 3 is 2.95 bits per heavy atom. The zero-order valence-electron chi connectivity index (χ0n) is 12.1. The van der Waals surface area contributed by atoms with Crippen LogP contribution in [0.5, 0.6) is 0 Å². The number of para-hydroxylation sites is 1. The van der Waals surface area contributed by atoms with E-state index in [0.29, 0.717) is 23.8 Å². The summed E-state index contributed by atoms with van der Waals surface area (Å²) in [6.45, 7) is 0.908. The van der Waals surface area contributed by atoms with Crippen molar-refractivity contribution in [2.75, 3.05) is 6.54 Å². The van der Waals surface area contributed by atoms with E-state index in [-0.39, 0.29) is 0 Å². The summed E-state index contributed by atoms with van der Waals surface area (Å²) < 4.78 is 0. The molecule has 1 saturated carbocycles. The van der Waals surface area contributed by atoms with Gasteiger partial charge < -0.3 is 9.88 Å². The number of hydrogen-bond acceptors (Lipinski definition) is 1. The van der Waals surface area contributed by atoms with Gasteiger partial charge in [-0.2, -0.15) is 0 Å². The SMILES string of the molecule is O=C1C2CCCCC2C2c3[nH]c4ccccc4c3CCN12. The van der Waals surface area contributed by atoms with Gasteiger partial charge in [0, 0.05) is 29.1 Å². The first-order valence-electron chi connectivity index (χ1n) is 8.24. The highest BCUT2D eigenvalue weighted by Gasteiger charge is 2.51. The summed E-state index contributed by atoms with van der Waals surface area (Å²) in [7, 11) is 0. The molecule has 2 fully saturated rings. The highest BCUT2D eigenvalue weighted by molar-refractivity contribution is 5.88. The number of H-pyrrole nitrogens is 1. The molecule has 3 nitrogen and oxygen atoms in total. The Bertz CT molecular complexity index is 732. The molecule has 21 heavy (non-hydrogen) atoms. The summed E-state index contributed by atoms with van der Waals surface area (Å²) in [6, 6.07) is 8.90. The smallest absolute Gasteiger partial charge is 0.226 e. The number of carbonyl (C=O) groups is 1. The Balaban J connectivity index is 1.69. The maximum Gasteiger partial charge on any atom is 0.226 e. The van der Waals surface area contributed by atoms with Gasteiger partial charge in [-0.3, -0.25) is 4.79 Å². The predicted molar refractivity (Wildman–Crippen MR) is 81.9 cm³/mol. The third-order valence-electron chi connectivity index (χ3n) is 5.91. The molecule has 1 aliphatic carbocycles. The number of benzene rings is 1. The molecule has 0 radical (unpaired) electrons. The molecule has 3 heteroatoms. The number of carbonyl (C=O) groups excluding carboxylic acids is 1. The molecule has 2 aromatic rings. The fourth-order valence-electron chi connectivity index (χ4n) is 5.02. The third-order valence-corrected chi connectivity index (χ3v) is 5.91. The summed E-state index contributed by atoms with van der Waals surface area (Å²) >= 11 is 0. The number of aromatic nitrogens is 1. The van der Waals surface area contributed by atoms with Gasteiger partial charge in [0.15, 0.2) is 0 Å². The lowest BCUT2D eigenvalue weighted by Crippen LogP contribution is -2.35. The fourth-order valence-corrected chi connectivity index (χ4v) is 5.02. The number of amides is 1. The normalized spacial score (nSPS) is 31.1. The third kappa shape index (κ3) is 1.47. The zero-order valence-corrected chi connectivity index (χ0v) is 12.1. The first-order chi connectivity index (χ1) is 10.3. The van der Waals surface area contributed by atoms with E-state index in [1.165, 1.54) is 41.4 Å². The monoisotopic (exact) mass is 280 g/mol. The number of fused-ring (bicyclic) bond motifs is 7. The van der Waals surface area contributed by atoms with Crippen molar-refractivity contribution in [3.8, 4) is 0 Å². The van der Waals surface area contributed by atoms with Gasteiger partial charge in [0.1, 0.15) is 0 Å². The second kappa shape index (κ2) is 4.12. The van der Waals surface area contributed by atoms with Crippen LogP contribution in [0.4, 0.5) is 0 Å². The molecule has 1 aromatic heterocycles. The molecule has 108 valence electrons. The Morgan fingerprint density at radius 2 is 2.00 bits per heavy atom. The van der Waals surface area contributed by atoms with Crippen LogP contribution in [-0.4, -0.2) is 22.3 Å². The first-order valence-corrected chi connectivity index (χ1v) is 8.24. The fraction of sp³-hybridized carbons (Fsp3) is 0.500. The maximum atomic E-state index is 12.7. The molecule has 0 spiro atoms. The quantitative estimate of drug-likeness (QED) is 0.788. The minimum absolute atomic E-state index is 0.293. The molecule has 1 amide bonds. The Labute approximate surface area is 124 Å². The highest BCUT2D eigenvalue weighted by Crippen LogP contribution is 2.51. The van der Waals surface area contributed by atoms with Crippen LogP contribution in [0.1, 0.15) is 43.0 Å². The molecule has 3 heterocycles. The van der Waals surface area contributed by atoms with E-state index < -0.39 is 0 Å². The molecular weight excluding hydrogens is 260 g/mol. The molecule has 3 aliphatic rings. The van der Waals surface area contributed by atoms with E-state index in [1.54, 1.807) is 0 Å². The number of aromatic amines is 1. The summed E-state index contributed by atoms with van der Waals surface area (Å²) in [6.07, 6.45) is 5.83. The molecule has 5 rings (SSSR count). The topological polar surface area (TPSA) is 36.1 Å². The van der Waals surface area contributed by atoms with E-state index >= 15 is 0 Å². The van der Waals surface area contributed by atoms with Crippen molar-refractivity contribution in [2.24, 2.45) is 11.8 Å². The van der Waals surface area contributed by atoms with E-state index in [4.69, 9.17) is 0 Å². The zero-order chi connectivity index (χ0) is 14.0. The average molecular weight is 280 g/mol. The van der Waals surface area contributed by atoms with E-state index in [2.05, 4.69) is 34.1 Å². The van der Waals surface area contributed by atoms with Gasteiger partial charge >= 0.3 is 0 Å². The molecule has 0 bridgehead atoms. The van der Waals surface area contributed by atoms with E-state index in [0.717, 1.165) is 19.4 Å². The van der Waals surface area contributed by atoms with Crippen LogP contribution < -0.4 is 0 Å². The first kappa shape index (κ1) is 11.8. The lowest BCUT2D eigenvalue weighted by Gasteiger charge is -2.33. The molecule has 1 N–H and O–H groups in total. The van der Waals surface area contributed by atoms with Crippen molar-refractivity contribution in [1.82, 2.24) is 9.88 Å². The number of hydrogen-bond donors (Lipinski definition) is 1. The molecule has 2 aliphatic heterocycles. The summed E-state index contributed by atoms with van der Waals surface area (Å²) in [4.78, 5) is 18.5. The van der Waals surface area contributed by atoms with Crippen molar-refractivity contribution >= 4 is 16.8 Å². The Morgan fingerprint density at radius 1 is 1.14 bits per heavy atom. The van der Waals surface area contributed by atoms with E-state index in [9.17, 15) is 4.79 Å². The van der Waals surface area contributed by atoms with Crippen LogP contribution >= 0.6 is 0 Å². The van der Waals surface area contributed by atoms with Gasteiger partial charge in [0.25, 0.3) is 0 Å². The van der Waals surface area contributed by atoms with Gasteiger partial charge in [0.2, 0.25) is 5.91 Å². The van der Waals surface area contributed by atoms with E-state index in [1.807, 2.05) is 0 Å². The minimum Gasteiger partial charge on any atom is -0.356 e. The Hall–Kier alpha value is -1.77. The van der Waals surface area contributed by atoms with Crippen molar-refractivity contribution < 1.29 is 4.79 Å². The standard InChI is InChI=1S/C18H20N2O/c21-18-14-7-2-1-6-13(14)17-16-12(9-10-20(17)18)11-5-3-4-8-15(11)19-16/h3-5,8,13-14,17,19H,1-2,6-7,9-10H2. The summed E-state index contributed by atoms with van der Waals surface area (Å²) in [5.41, 5.74) is 4.03. The number of nitrogens with zero attached hydrogens (tertiary/aromatic N) is 1. The second-order valence-electron chi connectivity index (χ2n) is 6.84. The van der Waals surface area contributed by atoms with Gasteiger partial charge in [0.05, 0.1) is 6.04 Å². The van der Waals surface area contributed by atoms with Crippen molar-refractivity contribution in [2.45, 2.75) is 38.1 Å². The number of nitrogens with one attached hydrogen (secondary N) is 1. The average Bonchev–Trinajstić information content (AvgIpc) is 3.04. The van der Waals surface area contributed by atoms with Crippen molar-refractivity contribution in [3.05, 3.63) is 35.5 Å². The minimum atomic E-state index is 0.293. The predicted octanol–water partition coefficient (Wildman–Crippen LogP) is 3.41. The van der Waals surface area contributed by atoms with Crippen LogP contribution in [0.3, 0.4) is 0 Å². The Kier molecular flexibility index (Phi) is 2.33. The highest BCUT2D eigenvalue weighted by atomic mass is 16.2. The second-order valence-corrected chi connectivity index (χ2v) is 6.84. The summed E-state index contributed by atoms with van der Waals surface area (Å²) in [5, 5.41) is 1.36. The largest absolute Gasteiger partial charge is 0.356 e. The number of rotatable bonds is 0. The van der Waals surface area contributed by atoms with Gasteiger partial charge in [-0.1, -0.05) is 31.0 Å². The lowest BCUT2D eigenvalue weighted by atomic mass is 9.76. The van der Waals surface area contributed by atoms with Crippen LogP contribution in [-0.2, 0) is 11.2 Å². The van der Waals surface area contributed by atoms with Crippen molar-refractivity contribution in [3.63, 3.8) is 0 Å². The van der Waals surface area contributed by atoms with Crippen LogP contribution in [0, 0.1) is 11.8 Å².